The van der Waals surface area contributed by atoms with Gasteiger partial charge in [0.2, 0.25) is 0 Å². The molecule has 1 aliphatic heterocycles. The number of benzene rings is 4. The predicted octanol–water partition coefficient (Wildman–Crippen LogP) is 5.87. The van der Waals surface area contributed by atoms with Crippen LogP contribution in [0.2, 0.25) is 0 Å². The fraction of sp³-hybridized carbons (Fsp3) is 0.100. The van der Waals surface area contributed by atoms with Crippen molar-refractivity contribution in [2.45, 2.75) is 13.5 Å². The highest BCUT2D eigenvalue weighted by atomic mass is 16.5. The average molecular weight is 477 g/mol. The number of ether oxygens (including phenoxy) is 2. The lowest BCUT2D eigenvalue weighted by Gasteiger charge is -2.13. The summed E-state index contributed by atoms with van der Waals surface area (Å²) in [4.78, 5) is 25.7. The molecule has 1 heterocycles. The minimum Gasteiger partial charge on any atom is -0.493 e. The Hall–Kier alpha value is -4.71. The predicted molar refractivity (Wildman–Crippen MR) is 140 cm³/mol. The molecule has 0 spiro atoms. The zero-order valence-corrected chi connectivity index (χ0v) is 20.0. The van der Waals surface area contributed by atoms with E-state index in [1.807, 2.05) is 42.5 Å². The van der Waals surface area contributed by atoms with Crippen molar-refractivity contribution in [3.8, 4) is 11.5 Å². The van der Waals surface area contributed by atoms with Gasteiger partial charge in [-0.2, -0.15) is 10.1 Å². The molecule has 0 aromatic heterocycles. The number of carbonyl (C=O) groups is 2. The summed E-state index contributed by atoms with van der Waals surface area (Å²) in [6.45, 7) is 2.10. The molecule has 5 rings (SSSR count). The van der Waals surface area contributed by atoms with Crippen LogP contribution in [0.25, 0.3) is 16.8 Å². The summed E-state index contributed by atoms with van der Waals surface area (Å²) in [7, 11) is 1.57. The van der Waals surface area contributed by atoms with Crippen molar-refractivity contribution in [2.75, 3.05) is 7.11 Å². The molecule has 0 N–H and O–H groups in total. The van der Waals surface area contributed by atoms with Crippen LogP contribution in [0.5, 0.6) is 11.5 Å². The van der Waals surface area contributed by atoms with Crippen LogP contribution in [0.3, 0.4) is 0 Å². The summed E-state index contributed by atoms with van der Waals surface area (Å²) in [6.07, 6.45) is 1.70. The van der Waals surface area contributed by atoms with E-state index in [9.17, 15) is 9.59 Å². The minimum absolute atomic E-state index is 0.353. The molecule has 6 heteroatoms. The smallest absolute Gasteiger partial charge is 0.283 e. The fourth-order valence-electron chi connectivity index (χ4n) is 4.16. The van der Waals surface area contributed by atoms with Crippen LogP contribution in [0.4, 0.5) is 0 Å². The Morgan fingerprint density at radius 2 is 1.67 bits per heavy atom. The summed E-state index contributed by atoms with van der Waals surface area (Å²) < 4.78 is 11.7. The lowest BCUT2D eigenvalue weighted by molar-refractivity contribution is -0.123. The first-order chi connectivity index (χ1) is 17.5. The Morgan fingerprint density at radius 1 is 0.917 bits per heavy atom. The molecular formula is C30H24N2O4. The molecule has 0 aliphatic carbocycles. The van der Waals surface area contributed by atoms with Gasteiger partial charge >= 0.3 is 0 Å². The van der Waals surface area contributed by atoms with Crippen LogP contribution < -0.4 is 9.47 Å². The van der Waals surface area contributed by atoms with Crippen LogP contribution in [0.15, 0.2) is 102 Å². The number of hydrogen-bond donors (Lipinski definition) is 0. The van der Waals surface area contributed by atoms with Crippen LogP contribution in [0, 0.1) is 0 Å². The van der Waals surface area contributed by atoms with E-state index < -0.39 is 11.8 Å². The highest BCUT2D eigenvalue weighted by Crippen LogP contribution is 2.31. The van der Waals surface area contributed by atoms with Gasteiger partial charge < -0.3 is 9.47 Å². The topological polar surface area (TPSA) is 68.2 Å². The third-order valence-electron chi connectivity index (χ3n) is 6.04. The summed E-state index contributed by atoms with van der Waals surface area (Å²) in [6, 6.07) is 28.4. The van der Waals surface area contributed by atoms with Crippen LogP contribution in [-0.4, -0.2) is 29.6 Å². The zero-order chi connectivity index (χ0) is 25.1. The second-order valence-electron chi connectivity index (χ2n) is 8.37. The Bertz CT molecular complexity index is 1520. The van der Waals surface area contributed by atoms with Crippen molar-refractivity contribution in [1.29, 1.82) is 0 Å². The van der Waals surface area contributed by atoms with Gasteiger partial charge in [-0.25, -0.2) is 0 Å². The molecule has 1 aliphatic rings. The molecule has 0 fully saturated rings. The van der Waals surface area contributed by atoms with E-state index in [-0.39, 0.29) is 0 Å². The Kier molecular flexibility index (Phi) is 6.33. The summed E-state index contributed by atoms with van der Waals surface area (Å²) in [5, 5.41) is 7.41. The third-order valence-corrected chi connectivity index (χ3v) is 6.04. The summed E-state index contributed by atoms with van der Waals surface area (Å²) in [5.41, 5.74) is 3.03. The largest absolute Gasteiger partial charge is 0.493 e. The molecule has 4 aromatic carbocycles. The SMILES string of the molecule is COc1cc(/C=C2/C(=O)N(C(=O)c3ccccc3)N=C2C)ccc1OCc1cccc2ccccc12. The van der Waals surface area contributed by atoms with E-state index in [1.54, 1.807) is 50.4 Å². The second-order valence-corrected chi connectivity index (χ2v) is 8.37. The Labute approximate surface area is 209 Å². The maximum Gasteiger partial charge on any atom is 0.283 e. The van der Waals surface area contributed by atoms with Crippen molar-refractivity contribution in [3.05, 3.63) is 113 Å². The number of methoxy groups -OCH3 is 1. The molecule has 0 radical (unpaired) electrons. The first-order valence-corrected chi connectivity index (χ1v) is 11.5. The lowest BCUT2D eigenvalue weighted by Crippen LogP contribution is -2.29. The molecule has 0 bridgehead atoms. The molecule has 178 valence electrons. The number of imide groups is 1. The average Bonchev–Trinajstić information content (AvgIpc) is 3.20. The van der Waals surface area contributed by atoms with Crippen molar-refractivity contribution in [1.82, 2.24) is 5.01 Å². The first kappa shape index (κ1) is 23.1. The lowest BCUT2D eigenvalue weighted by atomic mass is 10.1. The van der Waals surface area contributed by atoms with E-state index in [2.05, 4.69) is 23.3 Å². The highest BCUT2D eigenvalue weighted by molar-refractivity contribution is 6.30. The van der Waals surface area contributed by atoms with Gasteiger partial charge in [0.25, 0.3) is 11.8 Å². The van der Waals surface area contributed by atoms with Crippen LogP contribution >= 0.6 is 0 Å². The normalized spacial score (nSPS) is 14.3. The van der Waals surface area contributed by atoms with Gasteiger partial charge in [-0.3, -0.25) is 9.59 Å². The van der Waals surface area contributed by atoms with Gasteiger partial charge in [-0.1, -0.05) is 66.7 Å². The quantitative estimate of drug-likeness (QED) is 0.258. The monoisotopic (exact) mass is 476 g/mol. The van der Waals surface area contributed by atoms with Gasteiger partial charge in [0.1, 0.15) is 6.61 Å². The maximum absolute atomic E-state index is 13.0. The zero-order valence-electron chi connectivity index (χ0n) is 20.0. The number of rotatable bonds is 6. The number of fused-ring (bicyclic) bond motifs is 1. The summed E-state index contributed by atoms with van der Waals surface area (Å²) in [5.74, 6) is 0.216. The molecule has 0 atom stereocenters. The van der Waals surface area contributed by atoms with Gasteiger partial charge in [0, 0.05) is 5.56 Å². The first-order valence-electron chi connectivity index (χ1n) is 11.5. The molecule has 0 saturated heterocycles. The Balaban J connectivity index is 1.36. The van der Waals surface area contributed by atoms with E-state index in [4.69, 9.17) is 9.47 Å². The number of hydrogen-bond acceptors (Lipinski definition) is 5. The maximum atomic E-state index is 13.0. The number of amides is 2. The van der Waals surface area contributed by atoms with Crippen LogP contribution in [-0.2, 0) is 11.4 Å². The van der Waals surface area contributed by atoms with Crippen molar-refractivity contribution >= 4 is 34.4 Å². The van der Waals surface area contributed by atoms with Gasteiger partial charge in [0.05, 0.1) is 18.4 Å². The third kappa shape index (κ3) is 4.49. The minimum atomic E-state index is -0.461. The Morgan fingerprint density at radius 3 is 2.47 bits per heavy atom. The van der Waals surface area contributed by atoms with Gasteiger partial charge in [0.15, 0.2) is 11.5 Å². The van der Waals surface area contributed by atoms with E-state index in [1.165, 1.54) is 0 Å². The highest BCUT2D eigenvalue weighted by Gasteiger charge is 2.32. The summed E-state index contributed by atoms with van der Waals surface area (Å²) >= 11 is 0. The van der Waals surface area contributed by atoms with E-state index in [0.29, 0.717) is 35.0 Å². The van der Waals surface area contributed by atoms with Crippen LogP contribution in [0.1, 0.15) is 28.4 Å². The van der Waals surface area contributed by atoms with E-state index in [0.717, 1.165) is 26.9 Å². The molecule has 0 saturated carbocycles. The molecule has 36 heavy (non-hydrogen) atoms. The molecular weight excluding hydrogens is 452 g/mol. The van der Waals surface area contributed by atoms with Gasteiger partial charge in [-0.05, 0) is 59.2 Å². The van der Waals surface area contributed by atoms with E-state index >= 15 is 0 Å². The van der Waals surface area contributed by atoms with Gasteiger partial charge in [-0.15, -0.1) is 0 Å². The number of hydrazone groups is 1. The van der Waals surface area contributed by atoms with Crippen molar-refractivity contribution < 1.29 is 19.1 Å². The van der Waals surface area contributed by atoms with Crippen molar-refractivity contribution in [2.24, 2.45) is 5.10 Å². The molecule has 6 nitrogen and oxygen atoms in total. The standard InChI is InChI=1S/C30H24N2O4/c1-20-26(30(34)32(31-20)29(33)23-10-4-3-5-11-23)17-21-15-16-27(28(18-21)35-2)36-19-24-13-8-12-22-9-6-7-14-25(22)24/h3-18H,19H2,1-2H3/b26-17+. The molecule has 4 aromatic rings. The molecule has 2 amide bonds. The van der Waals surface area contributed by atoms with Crippen molar-refractivity contribution in [3.63, 3.8) is 0 Å². The number of nitrogens with zero attached hydrogens (tertiary/aromatic N) is 2. The second kappa shape index (κ2) is 9.88. The molecule has 0 unspecified atom stereocenters. The fourth-order valence-corrected chi connectivity index (χ4v) is 4.16. The number of carbonyl (C=O) groups excluding carboxylic acids is 2.